The number of hydrogen-bond acceptors (Lipinski definition) is 3. The zero-order chi connectivity index (χ0) is 16.1. The monoisotopic (exact) mass is 296 g/mol. The Hall–Kier alpha value is -1.88. The number of aromatic nitrogens is 2. The number of Topliss-reactive ketones (excluding diaryl/α,β-unsaturated/α-hetero) is 1. The van der Waals surface area contributed by atoms with Gasteiger partial charge in [0.05, 0.1) is 0 Å². The van der Waals surface area contributed by atoms with E-state index in [0.717, 1.165) is 29.0 Å². The molecular formula is C17H21BN2O2. The highest BCUT2D eigenvalue weighted by Crippen LogP contribution is 2.39. The summed E-state index contributed by atoms with van der Waals surface area (Å²) < 4.78 is 0. The highest BCUT2D eigenvalue weighted by atomic mass is 16.3. The fourth-order valence-corrected chi connectivity index (χ4v) is 3.50. The third-order valence-electron chi connectivity index (χ3n) is 4.50. The molecule has 5 heteroatoms. The third kappa shape index (κ3) is 2.39. The van der Waals surface area contributed by atoms with Crippen molar-refractivity contribution >= 4 is 19.2 Å². The molecule has 1 aliphatic carbocycles. The summed E-state index contributed by atoms with van der Waals surface area (Å²) in [6.45, 7) is 6.12. The van der Waals surface area contributed by atoms with E-state index in [-0.39, 0.29) is 11.2 Å². The van der Waals surface area contributed by atoms with Gasteiger partial charge in [0, 0.05) is 40.7 Å². The molecule has 0 radical (unpaired) electrons. The number of aromatic amines is 1. The number of hydrogen-bond donors (Lipinski definition) is 2. The van der Waals surface area contributed by atoms with Gasteiger partial charge in [-0.2, -0.15) is 0 Å². The van der Waals surface area contributed by atoms with Gasteiger partial charge in [-0.15, -0.1) is 0 Å². The summed E-state index contributed by atoms with van der Waals surface area (Å²) in [5.74, 6) is 0.117. The van der Waals surface area contributed by atoms with E-state index in [2.05, 4.69) is 23.8 Å². The Labute approximate surface area is 131 Å². The molecule has 1 unspecified atom stereocenters. The van der Waals surface area contributed by atoms with E-state index >= 15 is 0 Å². The molecule has 2 aromatic rings. The van der Waals surface area contributed by atoms with E-state index in [9.17, 15) is 9.90 Å². The Morgan fingerprint density at radius 1 is 1.41 bits per heavy atom. The standard InChI is InChI=1S/C17H21BN2O2/c1-9-13(15(22)10-5-4-6-19-16(10)18)14-11(20-9)7-17(2,3)8-12(14)21/h4-6,15,20,22H,7-8,18H2,1-3H3. The summed E-state index contributed by atoms with van der Waals surface area (Å²) in [6, 6.07) is 3.67. The normalized spacial score (nSPS) is 18.1. The second-order valence-corrected chi connectivity index (χ2v) is 7.04. The zero-order valence-electron chi connectivity index (χ0n) is 13.5. The van der Waals surface area contributed by atoms with E-state index < -0.39 is 6.10 Å². The summed E-state index contributed by atoms with van der Waals surface area (Å²) >= 11 is 0. The SMILES string of the molecule is Bc1ncccc1C(O)c1c(C)[nH]c2c1C(=O)CC(C)(C)C2. The molecule has 2 heterocycles. The second kappa shape index (κ2) is 5.09. The Bertz CT molecular complexity index is 749. The molecule has 0 aromatic carbocycles. The van der Waals surface area contributed by atoms with Crippen molar-refractivity contribution in [2.24, 2.45) is 5.41 Å². The van der Waals surface area contributed by atoms with Crippen molar-refractivity contribution in [3.05, 3.63) is 46.4 Å². The predicted octanol–water partition coefficient (Wildman–Crippen LogP) is 1.21. The van der Waals surface area contributed by atoms with Gasteiger partial charge in [-0.3, -0.25) is 9.78 Å². The van der Waals surface area contributed by atoms with Crippen LogP contribution in [0.3, 0.4) is 0 Å². The molecule has 1 atom stereocenters. The lowest BCUT2D eigenvalue weighted by Gasteiger charge is -2.29. The van der Waals surface area contributed by atoms with Gasteiger partial charge >= 0.3 is 0 Å². The maximum absolute atomic E-state index is 12.6. The molecule has 0 saturated heterocycles. The number of aryl methyl sites for hydroxylation is 1. The Balaban J connectivity index is 2.12. The van der Waals surface area contributed by atoms with Gasteiger partial charge in [-0.05, 0) is 30.4 Å². The third-order valence-corrected chi connectivity index (χ3v) is 4.50. The lowest BCUT2D eigenvalue weighted by atomic mass is 9.74. The Morgan fingerprint density at radius 2 is 2.14 bits per heavy atom. The first kappa shape index (κ1) is 15.0. The number of ketones is 1. The van der Waals surface area contributed by atoms with Crippen LogP contribution < -0.4 is 5.59 Å². The molecule has 0 spiro atoms. The molecule has 2 N–H and O–H groups in total. The summed E-state index contributed by atoms with van der Waals surface area (Å²) in [7, 11) is 1.87. The highest BCUT2D eigenvalue weighted by molar-refractivity contribution is 6.31. The number of H-pyrrole nitrogens is 1. The van der Waals surface area contributed by atoms with Crippen LogP contribution >= 0.6 is 0 Å². The summed E-state index contributed by atoms with van der Waals surface area (Å²) in [4.78, 5) is 20.2. The second-order valence-electron chi connectivity index (χ2n) is 7.04. The van der Waals surface area contributed by atoms with Gasteiger partial charge in [-0.25, -0.2) is 0 Å². The quantitative estimate of drug-likeness (QED) is 0.819. The number of nitrogens with one attached hydrogen (secondary N) is 1. The van der Waals surface area contributed by atoms with E-state index in [0.29, 0.717) is 17.5 Å². The average molecular weight is 296 g/mol. The van der Waals surface area contributed by atoms with Gasteiger partial charge in [0.15, 0.2) is 13.6 Å². The maximum Gasteiger partial charge on any atom is 0.165 e. The fraction of sp³-hybridized carbons (Fsp3) is 0.412. The van der Waals surface area contributed by atoms with Gasteiger partial charge in [0.2, 0.25) is 0 Å². The number of aliphatic hydroxyl groups excluding tert-OH is 1. The summed E-state index contributed by atoms with van der Waals surface area (Å²) in [6.07, 6.45) is 2.23. The van der Waals surface area contributed by atoms with Crippen molar-refractivity contribution < 1.29 is 9.90 Å². The maximum atomic E-state index is 12.6. The molecule has 0 aliphatic heterocycles. The Kier molecular flexibility index (Phi) is 3.48. The minimum absolute atomic E-state index is 0.0339. The number of carbonyl (C=O) groups is 1. The number of carbonyl (C=O) groups excluding carboxylic acids is 1. The van der Waals surface area contributed by atoms with E-state index in [1.54, 1.807) is 6.20 Å². The van der Waals surface area contributed by atoms with Crippen LogP contribution in [0.25, 0.3) is 0 Å². The van der Waals surface area contributed by atoms with Crippen molar-refractivity contribution in [1.29, 1.82) is 0 Å². The zero-order valence-corrected chi connectivity index (χ0v) is 13.5. The first-order valence-electron chi connectivity index (χ1n) is 7.64. The van der Waals surface area contributed by atoms with Crippen molar-refractivity contribution in [2.75, 3.05) is 0 Å². The van der Waals surface area contributed by atoms with Gasteiger partial charge < -0.3 is 10.1 Å². The molecule has 2 aromatic heterocycles. The molecule has 0 fully saturated rings. The summed E-state index contributed by atoms with van der Waals surface area (Å²) in [5.41, 5.74) is 4.73. The van der Waals surface area contributed by atoms with Crippen LogP contribution in [0, 0.1) is 12.3 Å². The van der Waals surface area contributed by atoms with Gasteiger partial charge in [-0.1, -0.05) is 19.9 Å². The number of pyridine rings is 1. The van der Waals surface area contributed by atoms with Crippen LogP contribution in [-0.4, -0.2) is 28.7 Å². The molecule has 0 saturated carbocycles. The van der Waals surface area contributed by atoms with Crippen molar-refractivity contribution in [3.8, 4) is 0 Å². The van der Waals surface area contributed by atoms with Crippen LogP contribution in [0.15, 0.2) is 18.3 Å². The molecule has 114 valence electrons. The van der Waals surface area contributed by atoms with E-state index in [1.165, 1.54) is 0 Å². The predicted molar refractivity (Wildman–Crippen MR) is 88.4 cm³/mol. The molecule has 0 bridgehead atoms. The number of aliphatic hydroxyl groups is 1. The van der Waals surface area contributed by atoms with Gasteiger partial charge in [0.1, 0.15) is 6.10 Å². The first-order chi connectivity index (χ1) is 10.3. The van der Waals surface area contributed by atoms with Crippen LogP contribution in [0.2, 0.25) is 0 Å². The highest BCUT2D eigenvalue weighted by Gasteiger charge is 2.36. The smallest absolute Gasteiger partial charge is 0.165 e. The number of nitrogens with zero attached hydrogens (tertiary/aromatic N) is 1. The molecule has 3 rings (SSSR count). The topological polar surface area (TPSA) is 66.0 Å². The van der Waals surface area contributed by atoms with Crippen molar-refractivity contribution in [1.82, 2.24) is 9.97 Å². The largest absolute Gasteiger partial charge is 0.384 e. The first-order valence-corrected chi connectivity index (χ1v) is 7.64. The van der Waals surface area contributed by atoms with Gasteiger partial charge in [0.25, 0.3) is 0 Å². The number of rotatable bonds is 2. The van der Waals surface area contributed by atoms with Crippen LogP contribution in [0.4, 0.5) is 0 Å². The Morgan fingerprint density at radius 3 is 2.82 bits per heavy atom. The fourth-order valence-electron chi connectivity index (χ4n) is 3.50. The molecular weight excluding hydrogens is 275 g/mol. The summed E-state index contributed by atoms with van der Waals surface area (Å²) in [5, 5.41) is 10.8. The van der Waals surface area contributed by atoms with E-state index in [4.69, 9.17) is 0 Å². The average Bonchev–Trinajstić information content (AvgIpc) is 2.73. The number of fused-ring (bicyclic) bond motifs is 1. The van der Waals surface area contributed by atoms with Crippen LogP contribution in [0.1, 0.15) is 59.2 Å². The molecule has 0 amide bonds. The minimum Gasteiger partial charge on any atom is -0.384 e. The van der Waals surface area contributed by atoms with Crippen LogP contribution in [-0.2, 0) is 6.42 Å². The molecule has 4 nitrogen and oxygen atoms in total. The minimum atomic E-state index is -0.820. The lowest BCUT2D eigenvalue weighted by Crippen LogP contribution is -2.28. The van der Waals surface area contributed by atoms with Crippen molar-refractivity contribution in [3.63, 3.8) is 0 Å². The molecule has 22 heavy (non-hydrogen) atoms. The molecule has 1 aliphatic rings. The van der Waals surface area contributed by atoms with E-state index in [1.807, 2.05) is 26.9 Å². The van der Waals surface area contributed by atoms with Crippen molar-refractivity contribution in [2.45, 2.75) is 39.7 Å². The van der Waals surface area contributed by atoms with Crippen LogP contribution in [0.5, 0.6) is 0 Å². The lowest BCUT2D eigenvalue weighted by molar-refractivity contribution is 0.0906.